The summed E-state index contributed by atoms with van der Waals surface area (Å²) in [4.78, 5) is 34.9. The van der Waals surface area contributed by atoms with Gasteiger partial charge in [0, 0.05) is 24.2 Å². The van der Waals surface area contributed by atoms with Gasteiger partial charge >= 0.3 is 11.9 Å². The zero-order chi connectivity index (χ0) is 26.7. The number of carboxylic acids is 1. The van der Waals surface area contributed by atoms with Crippen LogP contribution < -0.4 is 0 Å². The molecule has 4 N–H and O–H groups in total. The highest BCUT2D eigenvalue weighted by Gasteiger charge is 2.84. The number of hydrogen-bond acceptors (Lipinski definition) is 8. The van der Waals surface area contributed by atoms with Crippen LogP contribution in [0.4, 0.5) is 0 Å². The summed E-state index contributed by atoms with van der Waals surface area (Å²) in [7, 11) is 0. The Hall–Kier alpha value is -2.59. The minimum absolute atomic E-state index is 0.0527. The molecular formula is C27H34O9. The van der Waals surface area contributed by atoms with Crippen molar-refractivity contribution in [3.63, 3.8) is 0 Å². The predicted octanol–water partition coefficient (Wildman–Crippen LogP) is 2.23. The molecule has 1 aliphatic heterocycles. The summed E-state index contributed by atoms with van der Waals surface area (Å²) in [6.07, 6.45) is -2.08. The number of Topliss-reactive ketones (excluding diaryl/α,β-unsaturated/α-hetero) is 1. The number of carboxylic acid groups (broad SMARTS) is 1. The van der Waals surface area contributed by atoms with E-state index in [0.29, 0.717) is 30.4 Å². The minimum atomic E-state index is -1.36. The molecule has 4 aliphatic rings. The number of aromatic carboxylic acids is 1. The van der Waals surface area contributed by atoms with Gasteiger partial charge in [-0.1, -0.05) is 30.7 Å². The summed E-state index contributed by atoms with van der Waals surface area (Å²) in [6, 6.07) is 8.30. The van der Waals surface area contributed by atoms with Crippen molar-refractivity contribution >= 4 is 17.7 Å². The summed E-state index contributed by atoms with van der Waals surface area (Å²) < 4.78 is 11.0. The van der Waals surface area contributed by atoms with Crippen molar-refractivity contribution in [3.8, 4) is 0 Å². The van der Waals surface area contributed by atoms with Gasteiger partial charge in [0.2, 0.25) is 6.29 Å². The first-order chi connectivity index (χ1) is 16.7. The normalized spacial score (nSPS) is 41.0. The van der Waals surface area contributed by atoms with Crippen LogP contribution in [0.5, 0.6) is 0 Å². The molecule has 1 aromatic rings. The van der Waals surface area contributed by atoms with Crippen LogP contribution in [0.3, 0.4) is 0 Å². The van der Waals surface area contributed by atoms with Gasteiger partial charge in [-0.25, -0.2) is 4.79 Å². The molecule has 6 unspecified atom stereocenters. The highest BCUT2D eigenvalue weighted by Crippen LogP contribution is 2.79. The monoisotopic (exact) mass is 502 g/mol. The van der Waals surface area contributed by atoms with E-state index in [1.165, 1.54) is 6.92 Å². The molecule has 0 radical (unpaired) electrons. The Kier molecular flexibility index (Phi) is 6.44. The summed E-state index contributed by atoms with van der Waals surface area (Å²) in [5.74, 6) is -1.86. The Bertz CT molecular complexity index is 1110. The van der Waals surface area contributed by atoms with Gasteiger partial charge in [0.1, 0.15) is 6.10 Å². The first-order valence-corrected chi connectivity index (χ1v) is 12.2. The lowest BCUT2D eigenvalue weighted by atomic mass is 9.27. The third-order valence-corrected chi connectivity index (χ3v) is 9.34. The number of aliphatic hydroxyl groups excluding tert-OH is 2. The second kappa shape index (κ2) is 8.76. The molecule has 1 spiro atoms. The lowest BCUT2D eigenvalue weighted by Gasteiger charge is -2.77. The van der Waals surface area contributed by atoms with E-state index in [0.717, 1.165) is 5.57 Å². The fourth-order valence-corrected chi connectivity index (χ4v) is 7.25. The van der Waals surface area contributed by atoms with Gasteiger partial charge in [-0.3, -0.25) is 9.59 Å². The minimum Gasteiger partial charge on any atom is -0.478 e. The van der Waals surface area contributed by atoms with Crippen LogP contribution in [0.15, 0.2) is 41.5 Å². The molecule has 0 aromatic heterocycles. The Labute approximate surface area is 209 Å². The SMILES string of the molecule is CC(=O)OC1CC(O)C2(C)C(=O)C(O)C3=C(C)CCC4(O)CC2(CO1)[C@@]34C.O=C(O)c1ccccc1. The highest BCUT2D eigenvalue weighted by atomic mass is 16.7. The van der Waals surface area contributed by atoms with E-state index in [9.17, 15) is 29.7 Å². The van der Waals surface area contributed by atoms with Gasteiger partial charge in [-0.05, 0) is 50.8 Å². The van der Waals surface area contributed by atoms with E-state index in [-0.39, 0.29) is 13.0 Å². The summed E-state index contributed by atoms with van der Waals surface area (Å²) in [6.45, 7) is 6.75. The topological polar surface area (TPSA) is 151 Å². The summed E-state index contributed by atoms with van der Waals surface area (Å²) >= 11 is 0. The molecule has 196 valence electrons. The number of hydrogen-bond donors (Lipinski definition) is 4. The maximum Gasteiger partial charge on any atom is 0.335 e. The fourth-order valence-electron chi connectivity index (χ4n) is 7.25. The zero-order valence-corrected chi connectivity index (χ0v) is 21.0. The maximum atomic E-state index is 13.4. The van der Waals surface area contributed by atoms with Crippen LogP contribution in [-0.2, 0) is 19.1 Å². The highest BCUT2D eigenvalue weighted by molar-refractivity contribution is 5.96. The maximum absolute atomic E-state index is 13.4. The van der Waals surface area contributed by atoms with Gasteiger partial charge in [0.15, 0.2) is 5.78 Å². The quantitative estimate of drug-likeness (QED) is 0.352. The van der Waals surface area contributed by atoms with Gasteiger partial charge < -0.3 is 29.9 Å². The fraction of sp³-hybridized carbons (Fsp3) is 0.593. The molecule has 9 heteroatoms. The van der Waals surface area contributed by atoms with Crippen molar-refractivity contribution in [2.24, 2.45) is 16.2 Å². The molecular weight excluding hydrogens is 468 g/mol. The van der Waals surface area contributed by atoms with Crippen LogP contribution in [-0.4, -0.2) is 68.9 Å². The Balaban J connectivity index is 0.000000286. The van der Waals surface area contributed by atoms with Crippen LogP contribution in [0.2, 0.25) is 0 Å². The third-order valence-electron chi connectivity index (χ3n) is 9.34. The Morgan fingerprint density at radius 2 is 1.78 bits per heavy atom. The average Bonchev–Trinajstić information content (AvgIpc) is 2.93. The molecule has 1 saturated heterocycles. The molecule has 36 heavy (non-hydrogen) atoms. The number of esters is 1. The first kappa shape index (κ1) is 26.5. The smallest absolute Gasteiger partial charge is 0.335 e. The second-order valence-electron chi connectivity index (χ2n) is 10.9. The van der Waals surface area contributed by atoms with Crippen molar-refractivity contribution in [2.45, 2.75) is 77.5 Å². The lowest BCUT2D eigenvalue weighted by Crippen LogP contribution is -2.83. The molecule has 2 saturated carbocycles. The standard InChI is InChI=1S/C20H28O7.C7H6O2/c1-10-5-6-20(25)8-19-9-26-13(27-11(2)21)7-12(22)17(19,3)16(24)15(23)14(10)18(19,20)4;8-7(9)6-4-2-1-3-5-6/h12-13,15,22-23,25H,5-9H2,1-4H3;1-5H,(H,8,9)/t12?,13?,15?,17?,18-,19?,20?;/m1./s1. The molecule has 3 fully saturated rings. The first-order valence-electron chi connectivity index (χ1n) is 12.2. The largest absolute Gasteiger partial charge is 0.478 e. The van der Waals surface area contributed by atoms with E-state index in [1.54, 1.807) is 37.3 Å². The zero-order valence-electron chi connectivity index (χ0n) is 21.0. The molecule has 3 aliphatic carbocycles. The van der Waals surface area contributed by atoms with Gasteiger partial charge in [0.25, 0.3) is 0 Å². The molecule has 1 heterocycles. The lowest BCUT2D eigenvalue weighted by molar-refractivity contribution is -0.321. The number of benzene rings is 1. The summed E-state index contributed by atoms with van der Waals surface area (Å²) in [5.41, 5.74) is -2.32. The number of allylic oxidation sites excluding steroid dienone is 1. The van der Waals surface area contributed by atoms with Crippen molar-refractivity contribution < 1.29 is 44.3 Å². The van der Waals surface area contributed by atoms with Gasteiger partial charge in [-0.2, -0.15) is 0 Å². The predicted molar refractivity (Wildman–Crippen MR) is 127 cm³/mol. The van der Waals surface area contributed by atoms with E-state index in [4.69, 9.17) is 14.6 Å². The van der Waals surface area contributed by atoms with Crippen molar-refractivity contribution in [2.75, 3.05) is 6.61 Å². The molecule has 0 bridgehead atoms. The molecule has 9 nitrogen and oxygen atoms in total. The molecule has 0 amide bonds. The van der Waals surface area contributed by atoms with Gasteiger partial charge in [-0.15, -0.1) is 0 Å². The number of carbonyl (C=O) groups is 3. The van der Waals surface area contributed by atoms with Crippen molar-refractivity contribution in [1.82, 2.24) is 0 Å². The van der Waals surface area contributed by atoms with Crippen LogP contribution in [0.1, 0.15) is 63.7 Å². The average molecular weight is 503 g/mol. The van der Waals surface area contributed by atoms with Crippen molar-refractivity contribution in [1.29, 1.82) is 0 Å². The van der Waals surface area contributed by atoms with Gasteiger partial charge in [0.05, 0.1) is 29.3 Å². The van der Waals surface area contributed by atoms with E-state index < -0.39 is 58.1 Å². The number of ketones is 1. The molecule has 1 aromatic carbocycles. The van der Waals surface area contributed by atoms with Crippen molar-refractivity contribution in [3.05, 3.63) is 47.0 Å². The third kappa shape index (κ3) is 3.40. The second-order valence-corrected chi connectivity index (χ2v) is 10.9. The van der Waals surface area contributed by atoms with Crippen LogP contribution >= 0.6 is 0 Å². The molecule has 7 atom stereocenters. The Morgan fingerprint density at radius 3 is 2.33 bits per heavy atom. The van der Waals surface area contributed by atoms with Crippen LogP contribution in [0, 0.1) is 16.2 Å². The van der Waals surface area contributed by atoms with E-state index in [2.05, 4.69) is 0 Å². The number of ether oxygens (including phenoxy) is 2. The Morgan fingerprint density at radius 1 is 1.14 bits per heavy atom. The number of rotatable bonds is 2. The van der Waals surface area contributed by atoms with E-state index >= 15 is 0 Å². The van der Waals surface area contributed by atoms with Crippen LogP contribution in [0.25, 0.3) is 0 Å². The number of aliphatic hydroxyl groups is 3. The van der Waals surface area contributed by atoms with E-state index in [1.807, 2.05) is 13.8 Å². The molecule has 5 rings (SSSR count). The summed E-state index contributed by atoms with van der Waals surface area (Å²) in [5, 5.41) is 41.7. The number of carbonyl (C=O) groups excluding carboxylic acids is 2.